The molecule has 1 aromatic carbocycles. The minimum absolute atomic E-state index is 0.0250. The van der Waals surface area contributed by atoms with E-state index in [-0.39, 0.29) is 30.8 Å². The number of benzene rings is 1. The molecule has 0 bridgehead atoms. The van der Waals surface area contributed by atoms with Crippen LogP contribution in [0.15, 0.2) is 36.4 Å². The lowest BCUT2D eigenvalue weighted by atomic mass is 9.89. The van der Waals surface area contributed by atoms with Crippen LogP contribution < -0.4 is 4.74 Å². The molecule has 178 valence electrons. The quantitative estimate of drug-likeness (QED) is 0.367. The summed E-state index contributed by atoms with van der Waals surface area (Å²) in [5.41, 5.74) is -0.815. The minimum atomic E-state index is -4.46. The molecule has 2 aliphatic rings. The van der Waals surface area contributed by atoms with Crippen LogP contribution in [0.1, 0.15) is 31.2 Å². The van der Waals surface area contributed by atoms with Gasteiger partial charge < -0.3 is 24.8 Å². The lowest BCUT2D eigenvalue weighted by molar-refractivity contribution is -0.142. The molecule has 2 unspecified atom stereocenters. The van der Waals surface area contributed by atoms with Crippen LogP contribution in [-0.4, -0.2) is 53.3 Å². The zero-order valence-electron chi connectivity index (χ0n) is 17.6. The highest BCUT2D eigenvalue weighted by atomic mass is 19.4. The van der Waals surface area contributed by atoms with Crippen LogP contribution >= 0.6 is 0 Å². The third kappa shape index (κ3) is 6.70. The largest absolute Gasteiger partial charge is 0.491 e. The van der Waals surface area contributed by atoms with Crippen LogP contribution in [-0.2, 0) is 15.7 Å². The molecule has 0 saturated heterocycles. The van der Waals surface area contributed by atoms with E-state index >= 15 is 0 Å². The number of carboxylic acid groups (broad SMARTS) is 1. The fourth-order valence-electron chi connectivity index (χ4n) is 4.94. The predicted molar refractivity (Wildman–Crippen MR) is 109 cm³/mol. The molecule has 0 spiro atoms. The van der Waals surface area contributed by atoms with Crippen molar-refractivity contribution in [3.05, 3.63) is 42.0 Å². The molecule has 2 fully saturated rings. The number of alkyl halides is 3. The van der Waals surface area contributed by atoms with Crippen LogP contribution in [0.5, 0.6) is 5.75 Å². The molecule has 0 radical (unpaired) electrons. The molecule has 6 nitrogen and oxygen atoms in total. The molecule has 32 heavy (non-hydrogen) atoms. The molecule has 3 rings (SSSR count). The van der Waals surface area contributed by atoms with Crippen molar-refractivity contribution in [2.75, 3.05) is 19.8 Å². The fraction of sp³-hybridized carbons (Fsp3) is 0.609. The Morgan fingerprint density at radius 2 is 2.03 bits per heavy atom. The summed E-state index contributed by atoms with van der Waals surface area (Å²) in [7, 11) is 0. The van der Waals surface area contributed by atoms with Crippen LogP contribution in [0, 0.1) is 23.7 Å². The summed E-state index contributed by atoms with van der Waals surface area (Å²) in [6.45, 7) is -0.104. The summed E-state index contributed by atoms with van der Waals surface area (Å²) in [5, 5.41) is 29.2. The molecule has 2 aliphatic carbocycles. The van der Waals surface area contributed by atoms with Crippen molar-refractivity contribution in [3.63, 3.8) is 0 Å². The summed E-state index contributed by atoms with van der Waals surface area (Å²) in [4.78, 5) is 10.5. The first kappa shape index (κ1) is 24.5. The van der Waals surface area contributed by atoms with E-state index in [0.717, 1.165) is 31.4 Å². The summed E-state index contributed by atoms with van der Waals surface area (Å²) >= 11 is 0. The molecular weight excluding hydrogens is 429 g/mol. The average molecular weight is 458 g/mol. The third-order valence-electron chi connectivity index (χ3n) is 6.36. The van der Waals surface area contributed by atoms with E-state index in [4.69, 9.17) is 14.6 Å². The first-order chi connectivity index (χ1) is 15.1. The SMILES string of the molecule is O=C(O)COCCC1C[C@H]2C[C@H](O)[C@@H](C=CC(O)COc3cccc(C(F)(F)F)c3)[C@@H]2C1. The number of halogens is 3. The van der Waals surface area contributed by atoms with Crippen LogP contribution in [0.3, 0.4) is 0 Å². The normalized spacial score (nSPS) is 28.7. The van der Waals surface area contributed by atoms with Gasteiger partial charge in [0.05, 0.1) is 11.7 Å². The molecular formula is C23H29F3O6. The van der Waals surface area contributed by atoms with E-state index in [2.05, 4.69) is 0 Å². The topological polar surface area (TPSA) is 96.2 Å². The Balaban J connectivity index is 1.47. The van der Waals surface area contributed by atoms with E-state index in [0.29, 0.717) is 24.9 Å². The van der Waals surface area contributed by atoms with Crippen LogP contribution in [0.25, 0.3) is 0 Å². The molecule has 9 heteroatoms. The second-order valence-electron chi connectivity index (χ2n) is 8.67. The van der Waals surface area contributed by atoms with Gasteiger partial charge in [-0.3, -0.25) is 0 Å². The lowest BCUT2D eigenvalue weighted by Gasteiger charge is -2.19. The number of carboxylic acids is 1. The van der Waals surface area contributed by atoms with Crippen molar-refractivity contribution in [3.8, 4) is 5.75 Å². The maximum atomic E-state index is 12.8. The van der Waals surface area contributed by atoms with E-state index in [1.807, 2.05) is 0 Å². The Labute approximate surface area is 184 Å². The van der Waals surface area contributed by atoms with E-state index in [1.54, 1.807) is 6.08 Å². The van der Waals surface area contributed by atoms with Gasteiger partial charge in [0, 0.05) is 12.5 Å². The molecule has 3 N–H and O–H groups in total. The van der Waals surface area contributed by atoms with Crippen molar-refractivity contribution in [2.24, 2.45) is 23.7 Å². The van der Waals surface area contributed by atoms with Gasteiger partial charge in [-0.05, 0) is 61.6 Å². The number of hydrogen-bond acceptors (Lipinski definition) is 5. The van der Waals surface area contributed by atoms with Gasteiger partial charge in [0.1, 0.15) is 25.1 Å². The van der Waals surface area contributed by atoms with Gasteiger partial charge in [-0.1, -0.05) is 18.2 Å². The van der Waals surface area contributed by atoms with E-state index < -0.39 is 29.9 Å². The number of carbonyl (C=O) groups is 1. The average Bonchev–Trinajstić information content (AvgIpc) is 3.24. The molecule has 6 atom stereocenters. The van der Waals surface area contributed by atoms with Crippen molar-refractivity contribution in [2.45, 2.75) is 44.1 Å². The Morgan fingerprint density at radius 1 is 1.25 bits per heavy atom. The molecule has 0 amide bonds. The fourth-order valence-corrected chi connectivity index (χ4v) is 4.94. The third-order valence-corrected chi connectivity index (χ3v) is 6.36. The summed E-state index contributed by atoms with van der Waals surface area (Å²) < 4.78 is 48.8. The van der Waals surface area contributed by atoms with Gasteiger partial charge in [-0.25, -0.2) is 4.79 Å². The van der Waals surface area contributed by atoms with Gasteiger partial charge in [-0.2, -0.15) is 13.2 Å². The molecule has 2 saturated carbocycles. The van der Waals surface area contributed by atoms with E-state index in [1.165, 1.54) is 18.2 Å². The number of hydrogen-bond donors (Lipinski definition) is 3. The number of ether oxygens (including phenoxy) is 2. The van der Waals surface area contributed by atoms with Gasteiger partial charge in [0.25, 0.3) is 0 Å². The predicted octanol–water partition coefficient (Wildman–Crippen LogP) is 3.52. The highest BCUT2D eigenvalue weighted by molar-refractivity contribution is 5.67. The summed E-state index contributed by atoms with van der Waals surface area (Å²) in [6, 6.07) is 4.49. The van der Waals surface area contributed by atoms with E-state index in [9.17, 15) is 28.2 Å². The van der Waals surface area contributed by atoms with Crippen molar-refractivity contribution in [1.82, 2.24) is 0 Å². The van der Waals surface area contributed by atoms with Crippen molar-refractivity contribution < 1.29 is 42.8 Å². The van der Waals surface area contributed by atoms with Crippen LogP contribution in [0.4, 0.5) is 13.2 Å². The highest BCUT2D eigenvalue weighted by Gasteiger charge is 2.46. The number of fused-ring (bicyclic) bond motifs is 1. The van der Waals surface area contributed by atoms with Gasteiger partial charge in [0.2, 0.25) is 0 Å². The number of aliphatic hydroxyl groups excluding tert-OH is 2. The minimum Gasteiger partial charge on any atom is -0.491 e. The van der Waals surface area contributed by atoms with Crippen molar-refractivity contribution >= 4 is 5.97 Å². The maximum Gasteiger partial charge on any atom is 0.416 e. The number of aliphatic carboxylic acids is 1. The lowest BCUT2D eigenvalue weighted by Crippen LogP contribution is -2.20. The molecule has 0 aliphatic heterocycles. The number of aliphatic hydroxyl groups is 2. The van der Waals surface area contributed by atoms with Gasteiger partial charge >= 0.3 is 12.1 Å². The summed E-state index contributed by atoms with van der Waals surface area (Å²) in [6.07, 6.45) is 0.678. The Morgan fingerprint density at radius 3 is 2.75 bits per heavy atom. The Kier molecular flexibility index (Phi) is 8.19. The highest BCUT2D eigenvalue weighted by Crippen LogP contribution is 2.51. The molecule has 0 aromatic heterocycles. The summed E-state index contributed by atoms with van der Waals surface area (Å²) in [5.74, 6) is 0.00337. The molecule has 1 aromatic rings. The maximum absolute atomic E-state index is 12.8. The van der Waals surface area contributed by atoms with Gasteiger partial charge in [0.15, 0.2) is 0 Å². The van der Waals surface area contributed by atoms with Crippen LogP contribution in [0.2, 0.25) is 0 Å². The zero-order chi connectivity index (χ0) is 23.3. The smallest absolute Gasteiger partial charge is 0.416 e. The van der Waals surface area contributed by atoms with Crippen molar-refractivity contribution in [1.29, 1.82) is 0 Å². The zero-order valence-corrected chi connectivity index (χ0v) is 17.6. The first-order valence-electron chi connectivity index (χ1n) is 10.8. The number of rotatable bonds is 10. The second kappa shape index (κ2) is 10.7. The van der Waals surface area contributed by atoms with Gasteiger partial charge in [-0.15, -0.1) is 0 Å². The standard InChI is InChI=1S/C23H29F3O6/c24-23(25,26)16-2-1-3-18(11-16)32-12-17(27)4-5-19-20-9-14(6-7-31-13-22(29)30)8-15(20)10-21(19)28/h1-5,11,14-15,17,19-21,27-28H,6-10,12-13H2,(H,29,30)/t14?,15-,17?,19-,20+,21-/m0/s1. The first-order valence-corrected chi connectivity index (χ1v) is 10.8. The second-order valence-corrected chi connectivity index (χ2v) is 8.67. The molecule has 0 heterocycles. The Hall–Kier alpha value is -2.10. The monoisotopic (exact) mass is 458 g/mol. The Bertz CT molecular complexity index is 796.